The Morgan fingerprint density at radius 1 is 0.773 bits per heavy atom. The van der Waals surface area contributed by atoms with E-state index in [-0.39, 0.29) is 0 Å². The maximum atomic E-state index is 6.28. The Morgan fingerprint density at radius 2 is 1.18 bits per heavy atom. The Labute approximate surface area is 140 Å². The lowest BCUT2D eigenvalue weighted by Gasteiger charge is -2.03. The summed E-state index contributed by atoms with van der Waals surface area (Å²) in [4.78, 5) is 0. The summed E-state index contributed by atoms with van der Waals surface area (Å²) in [7, 11) is 10.1. The standard InChI is InChI=1S/C15H19O2P5/c1-7(2)22-16-14-10(3-8(18)5-12(14)20)11-4-9(19)6-13(21)15(11)17-22/h3-7H,18-21H2,1-2H3. The maximum absolute atomic E-state index is 6.28. The summed E-state index contributed by atoms with van der Waals surface area (Å²) in [6.45, 7) is 4.27. The van der Waals surface area contributed by atoms with Crippen molar-refractivity contribution in [3.8, 4) is 0 Å². The molecule has 22 heavy (non-hydrogen) atoms. The van der Waals surface area contributed by atoms with Gasteiger partial charge in [-0.25, -0.2) is 0 Å². The summed E-state index contributed by atoms with van der Waals surface area (Å²) >= 11 is 0. The van der Waals surface area contributed by atoms with E-state index in [1.165, 1.54) is 0 Å². The van der Waals surface area contributed by atoms with E-state index in [1.807, 2.05) is 0 Å². The van der Waals surface area contributed by atoms with Crippen LogP contribution in [0, 0.1) is 0 Å². The third-order valence-electron chi connectivity index (χ3n) is 3.35. The van der Waals surface area contributed by atoms with Crippen LogP contribution in [0.15, 0.2) is 32.7 Å². The van der Waals surface area contributed by atoms with E-state index < -0.39 is 8.01 Å². The molecular formula is C15H19O2P5. The molecule has 1 heterocycles. The van der Waals surface area contributed by atoms with Crippen molar-refractivity contribution in [1.82, 2.24) is 0 Å². The summed E-state index contributed by atoms with van der Waals surface area (Å²) < 4.78 is 12.6. The zero-order valence-electron chi connectivity index (χ0n) is 12.5. The molecule has 0 bridgehead atoms. The molecule has 0 amide bonds. The van der Waals surface area contributed by atoms with Crippen LogP contribution in [0.1, 0.15) is 19.5 Å². The third-order valence-corrected chi connectivity index (χ3v) is 6.45. The van der Waals surface area contributed by atoms with Crippen molar-refractivity contribution < 1.29 is 8.39 Å². The van der Waals surface area contributed by atoms with Gasteiger partial charge < -0.3 is 8.39 Å². The summed E-state index contributed by atoms with van der Waals surface area (Å²) in [6, 6.07) is 8.48. The SMILES string of the molecule is CC(C)p1oc2c(P)cc(P)cc2c2cc(P)cc(P)c2o1. The summed E-state index contributed by atoms with van der Waals surface area (Å²) in [6.07, 6.45) is 0. The van der Waals surface area contributed by atoms with Crippen LogP contribution in [0.25, 0.3) is 21.9 Å². The molecule has 3 aromatic rings. The highest BCUT2D eigenvalue weighted by Gasteiger charge is 2.13. The van der Waals surface area contributed by atoms with E-state index in [0.29, 0.717) is 5.66 Å². The second-order valence-corrected chi connectivity index (χ2v) is 10.1. The van der Waals surface area contributed by atoms with Gasteiger partial charge in [0.05, 0.1) is 5.66 Å². The number of hydrogen-bond donors (Lipinski definition) is 0. The largest absolute Gasteiger partial charge is 0.418 e. The molecule has 0 radical (unpaired) electrons. The molecular weight excluding hydrogens is 367 g/mol. The first kappa shape index (κ1) is 16.9. The van der Waals surface area contributed by atoms with Crippen molar-refractivity contribution in [2.45, 2.75) is 19.5 Å². The highest BCUT2D eigenvalue weighted by atomic mass is 31.1. The normalized spacial score (nSPS) is 11.6. The first-order valence-electron chi connectivity index (χ1n) is 6.90. The van der Waals surface area contributed by atoms with Gasteiger partial charge >= 0.3 is 0 Å². The van der Waals surface area contributed by atoms with Crippen LogP contribution in [0.2, 0.25) is 0 Å². The molecule has 1 aromatic heterocycles. The molecule has 0 aliphatic carbocycles. The monoisotopic (exact) mass is 386 g/mol. The van der Waals surface area contributed by atoms with Crippen molar-refractivity contribution in [3.05, 3.63) is 24.3 Å². The third kappa shape index (κ3) is 3.16. The van der Waals surface area contributed by atoms with Gasteiger partial charge in [0.15, 0.2) is 0 Å². The molecule has 4 unspecified atom stereocenters. The van der Waals surface area contributed by atoms with Crippen LogP contribution in [0.4, 0.5) is 0 Å². The first-order valence-corrected chi connectivity index (χ1v) is 10.5. The van der Waals surface area contributed by atoms with E-state index in [9.17, 15) is 0 Å². The van der Waals surface area contributed by atoms with E-state index in [4.69, 9.17) is 8.39 Å². The molecule has 0 aliphatic heterocycles. The molecule has 0 fully saturated rings. The smallest absolute Gasteiger partial charge is 0.219 e. The predicted molar refractivity (Wildman–Crippen MR) is 114 cm³/mol. The lowest BCUT2D eigenvalue weighted by molar-refractivity contribution is 0.624. The van der Waals surface area contributed by atoms with Gasteiger partial charge in [0.1, 0.15) is 11.2 Å². The minimum absolute atomic E-state index is 0.314. The van der Waals surface area contributed by atoms with Gasteiger partial charge in [-0.3, -0.25) is 0 Å². The van der Waals surface area contributed by atoms with Crippen LogP contribution < -0.4 is 21.2 Å². The van der Waals surface area contributed by atoms with E-state index in [0.717, 1.165) is 43.2 Å². The number of benzene rings is 2. The number of hydrogen-bond acceptors (Lipinski definition) is 2. The fourth-order valence-corrected chi connectivity index (χ4v) is 5.68. The second kappa shape index (κ2) is 6.52. The average molecular weight is 386 g/mol. The summed E-state index contributed by atoms with van der Waals surface area (Å²) in [5.41, 5.74) is 2.14. The van der Waals surface area contributed by atoms with Crippen LogP contribution in [-0.4, -0.2) is 0 Å². The van der Waals surface area contributed by atoms with Crippen molar-refractivity contribution in [2.75, 3.05) is 0 Å². The van der Waals surface area contributed by atoms with Crippen molar-refractivity contribution >= 4 is 88.1 Å². The van der Waals surface area contributed by atoms with Gasteiger partial charge in [-0.1, -0.05) is 0 Å². The van der Waals surface area contributed by atoms with Crippen LogP contribution in [0.5, 0.6) is 0 Å². The molecule has 0 saturated heterocycles. The molecule has 2 nitrogen and oxygen atoms in total. The van der Waals surface area contributed by atoms with E-state index >= 15 is 0 Å². The quantitative estimate of drug-likeness (QED) is 0.594. The molecule has 4 atom stereocenters. The van der Waals surface area contributed by atoms with Gasteiger partial charge in [0.25, 0.3) is 0 Å². The van der Waals surface area contributed by atoms with Crippen molar-refractivity contribution in [2.24, 2.45) is 0 Å². The Kier molecular flexibility index (Phi) is 5.01. The Morgan fingerprint density at radius 3 is 1.55 bits per heavy atom. The Balaban J connectivity index is 2.66. The minimum Gasteiger partial charge on any atom is -0.418 e. The Hall–Kier alpha value is 0.0600. The number of rotatable bonds is 1. The lowest BCUT2D eigenvalue weighted by atomic mass is 10.1. The van der Waals surface area contributed by atoms with Gasteiger partial charge in [0.2, 0.25) is 8.01 Å². The number of fused-ring (bicyclic) bond motifs is 3. The second-order valence-electron chi connectivity index (χ2n) is 5.54. The van der Waals surface area contributed by atoms with Crippen LogP contribution >= 0.6 is 45.0 Å². The maximum Gasteiger partial charge on any atom is 0.219 e. The fraction of sp³-hybridized carbons (Fsp3) is 0.200. The van der Waals surface area contributed by atoms with Crippen LogP contribution in [-0.2, 0) is 0 Å². The van der Waals surface area contributed by atoms with Gasteiger partial charge in [0, 0.05) is 21.4 Å². The van der Waals surface area contributed by atoms with Gasteiger partial charge in [-0.05, 0) is 48.7 Å². The Bertz CT molecular complexity index is 845. The molecule has 116 valence electrons. The molecule has 3 rings (SSSR count). The fourth-order valence-electron chi connectivity index (χ4n) is 2.36. The molecule has 2 aromatic carbocycles. The first-order chi connectivity index (χ1) is 10.4. The molecule has 0 aliphatic rings. The molecule has 0 spiro atoms. The highest BCUT2D eigenvalue weighted by Crippen LogP contribution is 2.42. The molecule has 0 saturated carbocycles. The molecule has 0 N–H and O–H groups in total. The molecule has 7 heteroatoms. The van der Waals surface area contributed by atoms with Gasteiger partial charge in [-0.15, -0.1) is 37.0 Å². The highest BCUT2D eigenvalue weighted by molar-refractivity contribution is 7.38. The summed E-state index contributed by atoms with van der Waals surface area (Å²) in [5.74, 6) is 0. The predicted octanol–water partition coefficient (Wildman–Crippen LogP) is 3.87. The summed E-state index contributed by atoms with van der Waals surface area (Å²) in [5, 5.41) is 6.57. The van der Waals surface area contributed by atoms with Crippen LogP contribution in [0.3, 0.4) is 0 Å². The van der Waals surface area contributed by atoms with Crippen molar-refractivity contribution in [3.63, 3.8) is 0 Å². The van der Waals surface area contributed by atoms with E-state index in [1.54, 1.807) is 0 Å². The van der Waals surface area contributed by atoms with Crippen molar-refractivity contribution in [1.29, 1.82) is 0 Å². The topological polar surface area (TPSA) is 26.3 Å². The lowest BCUT2D eigenvalue weighted by Crippen LogP contribution is -2.04. The zero-order chi connectivity index (χ0) is 16.0. The minimum atomic E-state index is -1.02. The van der Waals surface area contributed by atoms with E-state index in [2.05, 4.69) is 75.1 Å². The van der Waals surface area contributed by atoms with Gasteiger partial charge in [-0.2, -0.15) is 0 Å². The zero-order valence-corrected chi connectivity index (χ0v) is 18.0. The average Bonchev–Trinajstić information content (AvgIpc) is 2.57.